The fraction of sp³-hybridized carbons (Fsp3) is 0.636. The third-order valence-corrected chi connectivity index (χ3v) is 1.98. The first-order valence-electron chi connectivity index (χ1n) is 4.61. The van der Waals surface area contributed by atoms with Gasteiger partial charge in [-0.1, -0.05) is 24.6 Å². The molecule has 0 aromatic heterocycles. The molecule has 0 aliphatic heterocycles. The Labute approximate surface area is 76.3 Å². The molecule has 0 aromatic rings. The highest BCUT2D eigenvalue weighted by atomic mass is 14.5. The van der Waals surface area contributed by atoms with E-state index in [0.717, 1.165) is 13.0 Å². The zero-order valence-electron chi connectivity index (χ0n) is 8.72. The zero-order chi connectivity index (χ0) is 9.56. The summed E-state index contributed by atoms with van der Waals surface area (Å²) in [5.41, 5.74) is 8.39. The highest BCUT2D eigenvalue weighted by molar-refractivity contribution is 5.23. The van der Waals surface area contributed by atoms with Gasteiger partial charge < -0.3 is 5.73 Å². The molecule has 0 saturated carbocycles. The third kappa shape index (κ3) is 4.35. The summed E-state index contributed by atoms with van der Waals surface area (Å²) in [6, 6.07) is 0. The Morgan fingerprint density at radius 2 is 2.00 bits per heavy atom. The van der Waals surface area contributed by atoms with Crippen LogP contribution in [0.2, 0.25) is 0 Å². The monoisotopic (exact) mass is 167 g/mol. The van der Waals surface area contributed by atoms with Crippen LogP contribution in [0, 0.1) is 5.92 Å². The van der Waals surface area contributed by atoms with Crippen molar-refractivity contribution in [1.82, 2.24) is 0 Å². The van der Waals surface area contributed by atoms with E-state index in [-0.39, 0.29) is 0 Å². The van der Waals surface area contributed by atoms with Crippen molar-refractivity contribution in [3.05, 3.63) is 23.3 Å². The Bertz CT molecular complexity index is 173. The summed E-state index contributed by atoms with van der Waals surface area (Å²) in [5, 5.41) is 0. The first-order valence-corrected chi connectivity index (χ1v) is 4.61. The fourth-order valence-electron chi connectivity index (χ4n) is 1.10. The van der Waals surface area contributed by atoms with Gasteiger partial charge in [0.05, 0.1) is 0 Å². The van der Waals surface area contributed by atoms with Gasteiger partial charge in [0.25, 0.3) is 0 Å². The fourth-order valence-corrected chi connectivity index (χ4v) is 1.10. The van der Waals surface area contributed by atoms with Crippen LogP contribution in [0.25, 0.3) is 0 Å². The molecule has 0 aliphatic rings. The minimum absolute atomic E-state index is 0.589. The van der Waals surface area contributed by atoms with Crippen LogP contribution in [0.15, 0.2) is 23.3 Å². The molecule has 1 atom stereocenters. The van der Waals surface area contributed by atoms with Gasteiger partial charge in [0, 0.05) is 0 Å². The molecule has 0 heterocycles. The molecule has 70 valence electrons. The summed E-state index contributed by atoms with van der Waals surface area (Å²) in [4.78, 5) is 0. The van der Waals surface area contributed by atoms with Crippen molar-refractivity contribution in [3.8, 4) is 0 Å². The van der Waals surface area contributed by atoms with Crippen LogP contribution in [-0.2, 0) is 0 Å². The van der Waals surface area contributed by atoms with Gasteiger partial charge in [0.15, 0.2) is 0 Å². The molecule has 1 unspecified atom stereocenters. The summed E-state index contributed by atoms with van der Waals surface area (Å²) in [7, 11) is 0. The van der Waals surface area contributed by atoms with Crippen molar-refractivity contribution >= 4 is 0 Å². The lowest BCUT2D eigenvalue weighted by molar-refractivity contribution is 0.593. The Balaban J connectivity index is 4.26. The molecule has 0 radical (unpaired) electrons. The van der Waals surface area contributed by atoms with Crippen molar-refractivity contribution in [1.29, 1.82) is 0 Å². The maximum Gasteiger partial charge on any atom is -0.00483 e. The summed E-state index contributed by atoms with van der Waals surface area (Å²) < 4.78 is 0. The largest absolute Gasteiger partial charge is 0.330 e. The molecule has 0 rings (SSSR count). The van der Waals surface area contributed by atoms with E-state index in [1.54, 1.807) is 0 Å². The molecular formula is C11H21N. The molecule has 2 N–H and O–H groups in total. The van der Waals surface area contributed by atoms with Gasteiger partial charge in [-0.3, -0.25) is 0 Å². The topological polar surface area (TPSA) is 26.0 Å². The van der Waals surface area contributed by atoms with Crippen molar-refractivity contribution in [3.63, 3.8) is 0 Å². The van der Waals surface area contributed by atoms with E-state index < -0.39 is 0 Å². The van der Waals surface area contributed by atoms with Crippen LogP contribution in [0.3, 0.4) is 0 Å². The minimum Gasteiger partial charge on any atom is -0.330 e. The molecule has 0 bridgehead atoms. The van der Waals surface area contributed by atoms with E-state index in [0.29, 0.717) is 5.92 Å². The van der Waals surface area contributed by atoms with E-state index in [2.05, 4.69) is 39.8 Å². The molecule has 0 spiro atoms. The van der Waals surface area contributed by atoms with E-state index in [4.69, 9.17) is 5.73 Å². The molecular weight excluding hydrogens is 146 g/mol. The quantitative estimate of drug-likeness (QED) is 0.640. The predicted octanol–water partition coefficient (Wildman–Crippen LogP) is 2.88. The van der Waals surface area contributed by atoms with E-state index in [1.165, 1.54) is 11.1 Å². The maximum absolute atomic E-state index is 5.57. The number of hydrogen-bond donors (Lipinski definition) is 1. The van der Waals surface area contributed by atoms with Gasteiger partial charge in [-0.05, 0) is 45.2 Å². The van der Waals surface area contributed by atoms with Crippen LogP contribution in [0.4, 0.5) is 0 Å². The standard InChI is InChI=1S/C11H21N/c1-5-6-11(9(2)3)7-10(4)8-12/h5-6,10H,7-8,12H2,1-4H3/b6-5-. The zero-order valence-corrected chi connectivity index (χ0v) is 8.72. The van der Waals surface area contributed by atoms with Gasteiger partial charge in [0.2, 0.25) is 0 Å². The molecule has 12 heavy (non-hydrogen) atoms. The Kier molecular flexibility index (Phi) is 5.73. The molecule has 0 amide bonds. The van der Waals surface area contributed by atoms with Gasteiger partial charge in [0.1, 0.15) is 0 Å². The molecule has 0 fully saturated rings. The second-order valence-corrected chi connectivity index (χ2v) is 3.57. The van der Waals surface area contributed by atoms with Crippen LogP contribution in [-0.4, -0.2) is 6.54 Å². The summed E-state index contributed by atoms with van der Waals surface area (Å²) in [5.74, 6) is 0.589. The van der Waals surface area contributed by atoms with Crippen molar-refractivity contribution in [2.75, 3.05) is 6.54 Å². The van der Waals surface area contributed by atoms with Gasteiger partial charge >= 0.3 is 0 Å². The predicted molar refractivity (Wildman–Crippen MR) is 56.0 cm³/mol. The number of hydrogen-bond acceptors (Lipinski definition) is 1. The van der Waals surface area contributed by atoms with Gasteiger partial charge in [-0.25, -0.2) is 0 Å². The molecule has 0 aliphatic carbocycles. The van der Waals surface area contributed by atoms with E-state index in [9.17, 15) is 0 Å². The Morgan fingerprint density at radius 3 is 2.33 bits per heavy atom. The number of allylic oxidation sites excluding steroid dienone is 4. The average Bonchev–Trinajstić information content (AvgIpc) is 2.03. The third-order valence-electron chi connectivity index (χ3n) is 1.98. The van der Waals surface area contributed by atoms with Crippen LogP contribution in [0.5, 0.6) is 0 Å². The Hall–Kier alpha value is -0.560. The second-order valence-electron chi connectivity index (χ2n) is 3.57. The number of nitrogens with two attached hydrogens (primary N) is 1. The lowest BCUT2D eigenvalue weighted by atomic mass is 9.98. The molecule has 1 heteroatoms. The Morgan fingerprint density at radius 1 is 1.42 bits per heavy atom. The minimum atomic E-state index is 0.589. The summed E-state index contributed by atoms with van der Waals surface area (Å²) in [6.45, 7) is 9.31. The van der Waals surface area contributed by atoms with E-state index in [1.807, 2.05) is 0 Å². The average molecular weight is 167 g/mol. The normalized spacial score (nSPS) is 13.4. The van der Waals surface area contributed by atoms with Gasteiger partial charge in [-0.2, -0.15) is 0 Å². The first-order chi connectivity index (χ1) is 5.61. The number of rotatable bonds is 4. The van der Waals surface area contributed by atoms with Crippen molar-refractivity contribution in [2.45, 2.75) is 34.1 Å². The molecule has 0 aromatic carbocycles. The van der Waals surface area contributed by atoms with Crippen molar-refractivity contribution in [2.24, 2.45) is 11.7 Å². The lowest BCUT2D eigenvalue weighted by Crippen LogP contribution is -2.11. The summed E-state index contributed by atoms with van der Waals surface area (Å²) >= 11 is 0. The first kappa shape index (κ1) is 11.4. The van der Waals surface area contributed by atoms with E-state index >= 15 is 0 Å². The van der Waals surface area contributed by atoms with Gasteiger partial charge in [-0.15, -0.1) is 0 Å². The lowest BCUT2D eigenvalue weighted by Gasteiger charge is -2.10. The smallest absolute Gasteiger partial charge is 0.00483 e. The van der Waals surface area contributed by atoms with Crippen LogP contribution in [0.1, 0.15) is 34.1 Å². The highest BCUT2D eigenvalue weighted by Crippen LogP contribution is 2.15. The summed E-state index contributed by atoms with van der Waals surface area (Å²) in [6.07, 6.45) is 5.37. The maximum atomic E-state index is 5.57. The van der Waals surface area contributed by atoms with Crippen LogP contribution < -0.4 is 5.73 Å². The van der Waals surface area contributed by atoms with Crippen LogP contribution >= 0.6 is 0 Å². The highest BCUT2D eigenvalue weighted by Gasteiger charge is 2.02. The second kappa shape index (κ2) is 6.01. The SMILES string of the molecule is C/C=C\C(CC(C)CN)=C(C)C. The molecule has 1 nitrogen and oxygen atoms in total. The van der Waals surface area contributed by atoms with Crippen molar-refractivity contribution < 1.29 is 0 Å². The molecule has 0 saturated heterocycles.